The van der Waals surface area contributed by atoms with Crippen LogP contribution in [0.1, 0.15) is 11.6 Å². The Morgan fingerprint density at radius 2 is 1.71 bits per heavy atom. The number of hydrogen-bond acceptors (Lipinski definition) is 2. The van der Waals surface area contributed by atoms with E-state index < -0.39 is 18.0 Å². The van der Waals surface area contributed by atoms with Crippen LogP contribution < -0.4 is 5.73 Å². The van der Waals surface area contributed by atoms with Crippen molar-refractivity contribution >= 4 is 5.78 Å². The molecule has 1 unspecified atom stereocenters. The minimum atomic E-state index is -4.88. The van der Waals surface area contributed by atoms with Crippen molar-refractivity contribution in [2.45, 2.75) is 12.2 Å². The highest BCUT2D eigenvalue weighted by atomic mass is 19.4. The Labute approximate surface area is 78.5 Å². The van der Waals surface area contributed by atoms with E-state index in [0.717, 1.165) is 0 Å². The largest absolute Gasteiger partial charge is 0.452 e. The summed E-state index contributed by atoms with van der Waals surface area (Å²) in [7, 11) is 0. The van der Waals surface area contributed by atoms with Gasteiger partial charge in [-0.2, -0.15) is 13.2 Å². The number of hydrogen-bond donors (Lipinski definition) is 1. The lowest BCUT2D eigenvalue weighted by Crippen LogP contribution is -2.33. The van der Waals surface area contributed by atoms with Crippen LogP contribution in [0.15, 0.2) is 30.3 Å². The molecule has 0 saturated carbocycles. The second-order valence-electron chi connectivity index (χ2n) is 2.75. The van der Waals surface area contributed by atoms with Gasteiger partial charge in [0.1, 0.15) is 0 Å². The molecule has 1 atom stereocenters. The third kappa shape index (κ3) is 2.32. The summed E-state index contributed by atoms with van der Waals surface area (Å²) in [5.74, 6) is -1.93. The molecule has 1 rings (SSSR count). The highest BCUT2D eigenvalue weighted by Crippen LogP contribution is 2.23. The Balaban J connectivity index is 2.87. The molecule has 14 heavy (non-hydrogen) atoms. The molecule has 0 amide bonds. The number of carbonyl (C=O) groups excluding carboxylic acids is 1. The first-order valence-corrected chi connectivity index (χ1v) is 3.84. The Morgan fingerprint density at radius 3 is 2.14 bits per heavy atom. The fraction of sp³-hybridized carbons (Fsp3) is 0.222. The van der Waals surface area contributed by atoms with Gasteiger partial charge in [-0.25, -0.2) is 0 Å². The van der Waals surface area contributed by atoms with Crippen molar-refractivity contribution in [3.63, 3.8) is 0 Å². The number of nitrogens with two attached hydrogens (primary N) is 1. The average molecular weight is 203 g/mol. The van der Waals surface area contributed by atoms with E-state index in [1.165, 1.54) is 24.3 Å². The highest BCUT2D eigenvalue weighted by molar-refractivity contribution is 5.89. The molecule has 0 aromatic heterocycles. The molecule has 76 valence electrons. The van der Waals surface area contributed by atoms with Gasteiger partial charge in [0.2, 0.25) is 0 Å². The summed E-state index contributed by atoms with van der Waals surface area (Å²) in [5.41, 5.74) is 5.32. The fourth-order valence-electron chi connectivity index (χ4n) is 0.988. The van der Waals surface area contributed by atoms with Gasteiger partial charge in [0, 0.05) is 0 Å². The summed E-state index contributed by atoms with van der Waals surface area (Å²) in [6, 6.07) is 5.82. The normalized spacial score (nSPS) is 13.7. The van der Waals surface area contributed by atoms with E-state index in [-0.39, 0.29) is 5.56 Å². The van der Waals surface area contributed by atoms with E-state index in [1.807, 2.05) is 0 Å². The molecule has 0 aliphatic carbocycles. The van der Waals surface area contributed by atoms with Crippen LogP contribution in [0.5, 0.6) is 0 Å². The molecule has 0 spiro atoms. The van der Waals surface area contributed by atoms with Gasteiger partial charge in [0.15, 0.2) is 0 Å². The first-order chi connectivity index (χ1) is 6.43. The van der Waals surface area contributed by atoms with E-state index in [0.29, 0.717) is 0 Å². The van der Waals surface area contributed by atoms with E-state index in [9.17, 15) is 18.0 Å². The molecule has 0 bridgehead atoms. The van der Waals surface area contributed by atoms with Crippen LogP contribution in [-0.2, 0) is 4.79 Å². The zero-order valence-corrected chi connectivity index (χ0v) is 7.08. The third-order valence-electron chi connectivity index (χ3n) is 1.72. The van der Waals surface area contributed by atoms with Gasteiger partial charge in [0.05, 0.1) is 6.04 Å². The monoisotopic (exact) mass is 203 g/mol. The average Bonchev–Trinajstić information content (AvgIpc) is 2.15. The molecule has 5 heteroatoms. The van der Waals surface area contributed by atoms with Crippen molar-refractivity contribution in [2.75, 3.05) is 0 Å². The molecule has 0 radical (unpaired) electrons. The van der Waals surface area contributed by atoms with Crippen LogP contribution in [0.25, 0.3) is 0 Å². The number of benzene rings is 1. The standard InChI is InChI=1S/C9H8F3NO/c10-9(11,12)8(14)7(13)6-4-2-1-3-5-6/h1-5,7H,13H2. The summed E-state index contributed by atoms with van der Waals surface area (Å²) in [6.07, 6.45) is -4.88. The molecular formula is C9H8F3NO. The maximum atomic E-state index is 12.0. The van der Waals surface area contributed by atoms with E-state index in [2.05, 4.69) is 0 Å². The maximum absolute atomic E-state index is 12.0. The number of alkyl halides is 3. The van der Waals surface area contributed by atoms with Crippen LogP contribution >= 0.6 is 0 Å². The minimum Gasteiger partial charge on any atom is -0.318 e. The molecule has 0 fully saturated rings. The molecule has 0 heterocycles. The summed E-state index contributed by atoms with van der Waals surface area (Å²) in [5, 5.41) is 0. The first-order valence-electron chi connectivity index (χ1n) is 3.84. The number of rotatable bonds is 2. The van der Waals surface area contributed by atoms with Crippen molar-refractivity contribution in [2.24, 2.45) is 5.73 Å². The first kappa shape index (κ1) is 10.7. The molecule has 2 N–H and O–H groups in total. The van der Waals surface area contributed by atoms with E-state index in [1.54, 1.807) is 6.07 Å². The van der Waals surface area contributed by atoms with Gasteiger partial charge in [0.25, 0.3) is 5.78 Å². The quantitative estimate of drug-likeness (QED) is 0.796. The zero-order valence-electron chi connectivity index (χ0n) is 7.08. The van der Waals surface area contributed by atoms with Gasteiger partial charge in [-0.15, -0.1) is 0 Å². The Morgan fingerprint density at radius 1 is 1.21 bits per heavy atom. The Kier molecular flexibility index (Phi) is 2.90. The van der Waals surface area contributed by atoms with E-state index >= 15 is 0 Å². The van der Waals surface area contributed by atoms with Gasteiger partial charge in [-0.05, 0) is 5.56 Å². The summed E-state index contributed by atoms with van der Waals surface area (Å²) in [6.45, 7) is 0. The van der Waals surface area contributed by atoms with Crippen LogP contribution in [0, 0.1) is 0 Å². The lowest BCUT2D eigenvalue weighted by molar-refractivity contribution is -0.172. The molecule has 1 aromatic rings. The lowest BCUT2D eigenvalue weighted by Gasteiger charge is -2.12. The van der Waals surface area contributed by atoms with Crippen LogP contribution in [0.3, 0.4) is 0 Å². The number of halogens is 3. The zero-order chi connectivity index (χ0) is 10.8. The molecule has 2 nitrogen and oxygen atoms in total. The smallest absolute Gasteiger partial charge is 0.318 e. The number of ketones is 1. The number of carbonyl (C=O) groups is 1. The van der Waals surface area contributed by atoms with Crippen molar-refractivity contribution in [1.82, 2.24) is 0 Å². The second kappa shape index (κ2) is 3.79. The van der Waals surface area contributed by atoms with Crippen molar-refractivity contribution in [3.05, 3.63) is 35.9 Å². The molecule has 0 saturated heterocycles. The molecular weight excluding hydrogens is 195 g/mol. The summed E-state index contributed by atoms with van der Waals surface area (Å²) >= 11 is 0. The highest BCUT2D eigenvalue weighted by Gasteiger charge is 2.42. The van der Waals surface area contributed by atoms with Crippen LogP contribution in [-0.4, -0.2) is 12.0 Å². The van der Waals surface area contributed by atoms with Crippen LogP contribution in [0.4, 0.5) is 13.2 Å². The second-order valence-corrected chi connectivity index (χ2v) is 2.75. The van der Waals surface area contributed by atoms with Crippen molar-refractivity contribution in [3.8, 4) is 0 Å². The molecule has 1 aromatic carbocycles. The van der Waals surface area contributed by atoms with Crippen LogP contribution in [0.2, 0.25) is 0 Å². The lowest BCUT2D eigenvalue weighted by atomic mass is 10.0. The molecule has 0 aliphatic heterocycles. The number of Topliss-reactive ketones (excluding diaryl/α,β-unsaturated/α-hetero) is 1. The summed E-state index contributed by atoms with van der Waals surface area (Å²) < 4.78 is 35.9. The molecule has 0 aliphatic rings. The topological polar surface area (TPSA) is 43.1 Å². The van der Waals surface area contributed by atoms with Gasteiger partial charge < -0.3 is 5.73 Å². The van der Waals surface area contributed by atoms with Crippen molar-refractivity contribution in [1.29, 1.82) is 0 Å². The Hall–Kier alpha value is -1.36. The predicted octanol–water partition coefficient (Wildman–Crippen LogP) is 1.82. The van der Waals surface area contributed by atoms with Crippen molar-refractivity contribution < 1.29 is 18.0 Å². The SMILES string of the molecule is NC(C(=O)C(F)(F)F)c1ccccc1. The fourth-order valence-corrected chi connectivity index (χ4v) is 0.988. The maximum Gasteiger partial charge on any atom is 0.452 e. The predicted molar refractivity (Wildman–Crippen MR) is 44.4 cm³/mol. The van der Waals surface area contributed by atoms with Gasteiger partial charge in [-0.1, -0.05) is 30.3 Å². The summed E-state index contributed by atoms with van der Waals surface area (Å²) in [4.78, 5) is 10.7. The van der Waals surface area contributed by atoms with E-state index in [4.69, 9.17) is 5.73 Å². The third-order valence-corrected chi connectivity index (χ3v) is 1.72. The van der Waals surface area contributed by atoms with Gasteiger partial charge >= 0.3 is 6.18 Å². The Bertz CT molecular complexity index is 321. The minimum absolute atomic E-state index is 0.162. The van der Waals surface area contributed by atoms with Gasteiger partial charge in [-0.3, -0.25) is 4.79 Å².